The van der Waals surface area contributed by atoms with Gasteiger partial charge in [0, 0.05) is 24.6 Å². The molecule has 1 aliphatic carbocycles. The van der Waals surface area contributed by atoms with Gasteiger partial charge in [0.2, 0.25) is 0 Å². The van der Waals surface area contributed by atoms with Gasteiger partial charge in [-0.1, -0.05) is 62.7 Å². The SMILES string of the molecule is Cc1ccc(-n2nc(C(C)(C)C)cc2NC(=O)N[C@H]2CC[C@@H](Oc3ccc4nnc([C@@H](C)N5CCOCC5)n4c3)c3ccccc32)cc1. The standard InChI is InChI=1S/C37H44N8O3/c1-24-10-12-26(13-11-24)45-34(22-32(42-45)37(3,4)5)39-36(46)38-30-15-16-31(29-9-7-6-8-28(29)30)48-27-14-17-33-40-41-35(44(33)23-27)25(2)43-18-20-47-21-19-43/h6-14,17,22-23,25,30-31H,15-16,18-21H2,1-5H3,(H2,38,39,46)/t25-,30+,31-/m1/s1. The molecule has 11 heteroatoms. The topological polar surface area (TPSA) is 111 Å². The van der Waals surface area contributed by atoms with Gasteiger partial charge in [0.1, 0.15) is 17.7 Å². The molecule has 0 unspecified atom stereocenters. The number of morpholine rings is 1. The van der Waals surface area contributed by atoms with E-state index in [2.05, 4.69) is 72.5 Å². The predicted octanol–water partition coefficient (Wildman–Crippen LogP) is 6.69. The van der Waals surface area contributed by atoms with E-state index in [1.165, 1.54) is 0 Å². The number of urea groups is 1. The molecule has 7 rings (SSSR count). The minimum Gasteiger partial charge on any atom is -0.484 e. The van der Waals surface area contributed by atoms with Crippen LogP contribution in [0.15, 0.2) is 72.9 Å². The Bertz CT molecular complexity index is 1900. The number of carbonyl (C=O) groups excluding carboxylic acids is 1. The van der Waals surface area contributed by atoms with Crippen molar-refractivity contribution in [2.24, 2.45) is 0 Å². The second-order valence-electron chi connectivity index (χ2n) is 13.9. The number of fused-ring (bicyclic) bond motifs is 2. The first-order valence-electron chi connectivity index (χ1n) is 16.8. The maximum atomic E-state index is 13.5. The van der Waals surface area contributed by atoms with Crippen molar-refractivity contribution in [2.45, 2.75) is 71.1 Å². The van der Waals surface area contributed by atoms with E-state index in [1.54, 1.807) is 4.68 Å². The molecule has 1 saturated heterocycles. The molecule has 0 radical (unpaired) electrons. The normalized spacial score (nSPS) is 19.1. The van der Waals surface area contributed by atoms with Gasteiger partial charge in [-0.25, -0.2) is 9.48 Å². The minimum absolute atomic E-state index is 0.100. The highest BCUT2D eigenvalue weighted by atomic mass is 16.5. The van der Waals surface area contributed by atoms with Crippen molar-refractivity contribution in [1.82, 2.24) is 34.6 Å². The summed E-state index contributed by atoms with van der Waals surface area (Å²) in [5.41, 5.74) is 5.68. The van der Waals surface area contributed by atoms with Gasteiger partial charge in [-0.05, 0) is 62.1 Å². The third-order valence-electron chi connectivity index (χ3n) is 9.39. The second kappa shape index (κ2) is 13.0. The monoisotopic (exact) mass is 648 g/mol. The molecule has 5 aromatic rings. The van der Waals surface area contributed by atoms with E-state index in [-0.39, 0.29) is 29.6 Å². The Kier molecular flexibility index (Phi) is 8.65. The zero-order valence-corrected chi connectivity index (χ0v) is 28.3. The second-order valence-corrected chi connectivity index (χ2v) is 13.9. The van der Waals surface area contributed by atoms with Crippen LogP contribution >= 0.6 is 0 Å². The van der Waals surface area contributed by atoms with Crippen molar-refractivity contribution in [2.75, 3.05) is 31.6 Å². The number of aromatic nitrogens is 5. The van der Waals surface area contributed by atoms with Crippen LogP contribution in [0.3, 0.4) is 0 Å². The zero-order valence-electron chi connectivity index (χ0n) is 28.3. The maximum Gasteiger partial charge on any atom is 0.320 e. The largest absolute Gasteiger partial charge is 0.484 e. The molecule has 2 aliphatic rings. The zero-order chi connectivity index (χ0) is 33.4. The smallest absolute Gasteiger partial charge is 0.320 e. The number of amides is 2. The molecule has 11 nitrogen and oxygen atoms in total. The molecular formula is C37H44N8O3. The van der Waals surface area contributed by atoms with E-state index in [9.17, 15) is 4.79 Å². The Morgan fingerprint density at radius 1 is 0.979 bits per heavy atom. The van der Waals surface area contributed by atoms with Gasteiger partial charge in [-0.2, -0.15) is 5.10 Å². The van der Waals surface area contributed by atoms with E-state index in [0.29, 0.717) is 5.82 Å². The summed E-state index contributed by atoms with van der Waals surface area (Å²) in [5.74, 6) is 2.26. The lowest BCUT2D eigenvalue weighted by Crippen LogP contribution is -2.38. The number of nitrogens with zero attached hydrogens (tertiary/aromatic N) is 6. The first-order chi connectivity index (χ1) is 23.1. The van der Waals surface area contributed by atoms with Crippen LogP contribution in [0, 0.1) is 6.92 Å². The van der Waals surface area contributed by atoms with Gasteiger partial charge in [-0.3, -0.25) is 14.6 Å². The van der Waals surface area contributed by atoms with Crippen LogP contribution in [0.4, 0.5) is 10.6 Å². The van der Waals surface area contributed by atoms with Gasteiger partial charge in [0.15, 0.2) is 11.5 Å². The fourth-order valence-corrected chi connectivity index (χ4v) is 6.59. The molecule has 1 fully saturated rings. The first kappa shape index (κ1) is 31.8. The number of carbonyl (C=O) groups is 1. The highest BCUT2D eigenvalue weighted by Gasteiger charge is 2.30. The van der Waals surface area contributed by atoms with Crippen LogP contribution in [-0.4, -0.2) is 61.6 Å². The predicted molar refractivity (Wildman–Crippen MR) is 185 cm³/mol. The molecule has 2 aromatic carbocycles. The van der Waals surface area contributed by atoms with Gasteiger partial charge in [-0.15, -0.1) is 10.2 Å². The lowest BCUT2D eigenvalue weighted by atomic mass is 9.85. The van der Waals surface area contributed by atoms with Gasteiger partial charge < -0.3 is 14.8 Å². The molecular weight excluding hydrogens is 604 g/mol. The number of anilines is 1. The molecule has 0 bridgehead atoms. The van der Waals surface area contributed by atoms with E-state index in [1.807, 2.05) is 65.2 Å². The van der Waals surface area contributed by atoms with Gasteiger partial charge in [0.05, 0.1) is 42.9 Å². The number of aryl methyl sites for hydroxylation is 1. The molecule has 3 atom stereocenters. The lowest BCUT2D eigenvalue weighted by Gasteiger charge is -2.32. The van der Waals surface area contributed by atoms with Crippen LogP contribution in [0.5, 0.6) is 5.75 Å². The van der Waals surface area contributed by atoms with E-state index in [4.69, 9.17) is 14.6 Å². The molecule has 3 aromatic heterocycles. The summed E-state index contributed by atoms with van der Waals surface area (Å²) in [6.45, 7) is 13.8. The number of hydrogen-bond donors (Lipinski definition) is 2. The summed E-state index contributed by atoms with van der Waals surface area (Å²) in [6.07, 6.45) is 3.31. The van der Waals surface area contributed by atoms with Crippen molar-refractivity contribution >= 4 is 17.5 Å². The van der Waals surface area contributed by atoms with Crippen LogP contribution in [-0.2, 0) is 10.2 Å². The quantitative estimate of drug-likeness (QED) is 0.202. The summed E-state index contributed by atoms with van der Waals surface area (Å²) in [6, 6.07) is 21.9. The first-order valence-corrected chi connectivity index (χ1v) is 16.8. The summed E-state index contributed by atoms with van der Waals surface area (Å²) in [5, 5.41) is 20.1. The Hall–Kier alpha value is -4.74. The number of nitrogens with one attached hydrogen (secondary N) is 2. The maximum absolute atomic E-state index is 13.5. The Balaban J connectivity index is 1.08. The molecule has 4 heterocycles. The van der Waals surface area contributed by atoms with Crippen molar-refractivity contribution in [3.8, 4) is 11.4 Å². The number of hydrogen-bond acceptors (Lipinski definition) is 7. The number of pyridine rings is 1. The summed E-state index contributed by atoms with van der Waals surface area (Å²) < 4.78 is 16.0. The Morgan fingerprint density at radius 3 is 2.48 bits per heavy atom. The third-order valence-corrected chi connectivity index (χ3v) is 9.39. The van der Waals surface area contributed by atoms with Crippen LogP contribution in [0.1, 0.15) is 86.9 Å². The van der Waals surface area contributed by atoms with Gasteiger partial charge >= 0.3 is 6.03 Å². The molecule has 48 heavy (non-hydrogen) atoms. The molecule has 0 saturated carbocycles. The fraction of sp³-hybridized carbons (Fsp3) is 0.405. The number of ether oxygens (including phenoxy) is 2. The lowest BCUT2D eigenvalue weighted by molar-refractivity contribution is 0.0180. The van der Waals surface area contributed by atoms with Crippen LogP contribution < -0.4 is 15.4 Å². The minimum atomic E-state index is -0.275. The number of benzene rings is 2. The van der Waals surface area contributed by atoms with Crippen molar-refractivity contribution < 1.29 is 14.3 Å². The van der Waals surface area contributed by atoms with Crippen LogP contribution in [0.25, 0.3) is 11.3 Å². The Morgan fingerprint density at radius 2 is 1.73 bits per heavy atom. The van der Waals surface area contributed by atoms with Crippen LogP contribution in [0.2, 0.25) is 0 Å². The molecule has 2 amide bonds. The van der Waals surface area contributed by atoms with Crippen molar-refractivity contribution in [3.05, 3.63) is 101 Å². The average Bonchev–Trinajstić information content (AvgIpc) is 3.71. The molecule has 0 spiro atoms. The number of rotatable bonds is 7. The average molecular weight is 649 g/mol. The summed E-state index contributed by atoms with van der Waals surface area (Å²) >= 11 is 0. The fourth-order valence-electron chi connectivity index (χ4n) is 6.59. The van der Waals surface area contributed by atoms with E-state index >= 15 is 0 Å². The Labute approximate surface area is 281 Å². The van der Waals surface area contributed by atoms with E-state index in [0.717, 1.165) is 84.4 Å². The van der Waals surface area contributed by atoms with E-state index < -0.39 is 0 Å². The molecule has 1 aliphatic heterocycles. The molecule has 2 N–H and O–H groups in total. The summed E-state index contributed by atoms with van der Waals surface area (Å²) in [7, 11) is 0. The molecule has 250 valence electrons. The van der Waals surface area contributed by atoms with Crippen molar-refractivity contribution in [3.63, 3.8) is 0 Å². The van der Waals surface area contributed by atoms with Crippen molar-refractivity contribution in [1.29, 1.82) is 0 Å². The highest BCUT2D eigenvalue weighted by molar-refractivity contribution is 5.89. The summed E-state index contributed by atoms with van der Waals surface area (Å²) in [4.78, 5) is 15.9. The van der Waals surface area contributed by atoms with Gasteiger partial charge in [0.25, 0.3) is 0 Å². The highest BCUT2D eigenvalue weighted by Crippen LogP contribution is 2.39. The third kappa shape index (κ3) is 6.52.